The van der Waals surface area contributed by atoms with E-state index in [2.05, 4.69) is 5.32 Å². The first-order chi connectivity index (χ1) is 10.9. The number of rotatable bonds is 4. The van der Waals surface area contributed by atoms with Crippen LogP contribution in [0.1, 0.15) is 29.6 Å². The van der Waals surface area contributed by atoms with Gasteiger partial charge < -0.3 is 4.90 Å². The second-order valence-corrected chi connectivity index (χ2v) is 5.50. The number of halogens is 1. The Balaban J connectivity index is 1.92. The predicted octanol–water partition coefficient (Wildman–Crippen LogP) is 0.754. The molecule has 1 atom stereocenters. The number of nitro benzene ring substituents is 1. The minimum atomic E-state index is -1.03. The van der Waals surface area contributed by atoms with Gasteiger partial charge in [0.2, 0.25) is 11.8 Å². The Kier molecular flexibility index (Phi) is 3.55. The zero-order valence-corrected chi connectivity index (χ0v) is 11.8. The van der Waals surface area contributed by atoms with Crippen molar-refractivity contribution in [1.82, 2.24) is 10.2 Å². The minimum absolute atomic E-state index is 0.157. The fourth-order valence-electron chi connectivity index (χ4n) is 2.61. The van der Waals surface area contributed by atoms with Crippen molar-refractivity contribution in [1.29, 1.82) is 0 Å². The average Bonchev–Trinajstić information content (AvgIpc) is 3.25. The van der Waals surface area contributed by atoms with Crippen molar-refractivity contribution in [2.45, 2.75) is 31.3 Å². The van der Waals surface area contributed by atoms with E-state index >= 15 is 0 Å². The molecular formula is C14H12FN3O5. The van der Waals surface area contributed by atoms with Crippen molar-refractivity contribution in [3.05, 3.63) is 39.7 Å². The maximum absolute atomic E-state index is 14.0. The van der Waals surface area contributed by atoms with Gasteiger partial charge in [-0.2, -0.15) is 0 Å². The number of amides is 3. The van der Waals surface area contributed by atoms with Crippen LogP contribution >= 0.6 is 0 Å². The highest BCUT2D eigenvalue weighted by atomic mass is 19.1. The lowest BCUT2D eigenvalue weighted by molar-refractivity contribution is -0.385. The molecule has 120 valence electrons. The Morgan fingerprint density at radius 3 is 2.52 bits per heavy atom. The van der Waals surface area contributed by atoms with Crippen molar-refractivity contribution in [3.8, 4) is 0 Å². The molecule has 8 nitrogen and oxygen atoms in total. The van der Waals surface area contributed by atoms with Gasteiger partial charge in [-0.15, -0.1) is 0 Å². The molecule has 0 spiro atoms. The normalized spacial score (nSPS) is 20.3. The Morgan fingerprint density at radius 1 is 1.35 bits per heavy atom. The molecule has 2 fully saturated rings. The zero-order valence-electron chi connectivity index (χ0n) is 11.8. The Bertz CT molecular complexity index is 731. The number of nitrogens with zero attached hydrogens (tertiary/aromatic N) is 2. The summed E-state index contributed by atoms with van der Waals surface area (Å²) in [6.45, 7) is 0. The predicted molar refractivity (Wildman–Crippen MR) is 73.8 cm³/mol. The first-order valence-electron chi connectivity index (χ1n) is 6.99. The minimum Gasteiger partial charge on any atom is -0.323 e. The molecule has 1 aliphatic carbocycles. The van der Waals surface area contributed by atoms with Gasteiger partial charge in [0, 0.05) is 12.1 Å². The number of hydrogen-bond donors (Lipinski definition) is 1. The third kappa shape index (κ3) is 2.77. The van der Waals surface area contributed by atoms with Crippen LogP contribution in [0.5, 0.6) is 0 Å². The van der Waals surface area contributed by atoms with Gasteiger partial charge in [-0.3, -0.25) is 29.8 Å². The lowest BCUT2D eigenvalue weighted by Gasteiger charge is -2.26. The van der Waals surface area contributed by atoms with Crippen LogP contribution in [0.4, 0.5) is 10.1 Å². The first-order valence-corrected chi connectivity index (χ1v) is 6.99. The molecule has 1 aromatic carbocycles. The molecule has 23 heavy (non-hydrogen) atoms. The lowest BCUT2D eigenvalue weighted by atomic mass is 10.1. The number of nitro groups is 1. The molecule has 1 unspecified atom stereocenters. The largest absolute Gasteiger partial charge is 0.323 e. The maximum atomic E-state index is 14.0. The Labute approximate surface area is 129 Å². The van der Waals surface area contributed by atoms with Crippen LogP contribution in [-0.2, 0) is 9.59 Å². The zero-order chi connectivity index (χ0) is 16.7. The molecule has 1 aromatic rings. The van der Waals surface area contributed by atoms with E-state index in [1.165, 1.54) is 4.90 Å². The summed E-state index contributed by atoms with van der Waals surface area (Å²) in [7, 11) is 0. The van der Waals surface area contributed by atoms with Gasteiger partial charge in [0.25, 0.3) is 11.6 Å². The van der Waals surface area contributed by atoms with Gasteiger partial charge in [0.05, 0.1) is 23.0 Å². The molecule has 0 radical (unpaired) electrons. The van der Waals surface area contributed by atoms with Gasteiger partial charge in [0.1, 0.15) is 11.9 Å². The molecule has 1 saturated heterocycles. The number of imide groups is 1. The Morgan fingerprint density at radius 2 is 2.04 bits per heavy atom. The highest BCUT2D eigenvalue weighted by molar-refractivity contribution is 6.08. The van der Waals surface area contributed by atoms with E-state index in [9.17, 15) is 28.9 Å². The summed E-state index contributed by atoms with van der Waals surface area (Å²) in [6, 6.07) is 1.54. The molecule has 2 aliphatic rings. The number of carbonyl (C=O) groups is 3. The maximum Gasteiger partial charge on any atom is 0.272 e. The van der Waals surface area contributed by atoms with Gasteiger partial charge in [0.15, 0.2) is 0 Å². The number of nitrogens with one attached hydrogen (secondary N) is 1. The number of hydrogen-bond acceptors (Lipinski definition) is 5. The summed E-state index contributed by atoms with van der Waals surface area (Å²) in [5.74, 6) is -2.84. The fourth-order valence-corrected chi connectivity index (χ4v) is 2.61. The smallest absolute Gasteiger partial charge is 0.272 e. The Hall–Kier alpha value is -2.84. The third-order valence-corrected chi connectivity index (χ3v) is 3.85. The topological polar surface area (TPSA) is 110 Å². The molecule has 3 amide bonds. The van der Waals surface area contributed by atoms with Crippen molar-refractivity contribution < 1.29 is 23.7 Å². The van der Waals surface area contributed by atoms with Crippen molar-refractivity contribution in [2.24, 2.45) is 0 Å². The SMILES string of the molecule is O=C1CC(N(C(=O)c2ccc([N+](=O)[O-])cc2F)C2CC2)C(=O)N1. The first kappa shape index (κ1) is 15.1. The molecule has 1 aliphatic heterocycles. The average molecular weight is 321 g/mol. The monoisotopic (exact) mass is 321 g/mol. The fraction of sp³-hybridized carbons (Fsp3) is 0.357. The molecule has 1 saturated carbocycles. The summed E-state index contributed by atoms with van der Waals surface area (Å²) >= 11 is 0. The number of non-ortho nitro benzene ring substituents is 1. The highest BCUT2D eigenvalue weighted by Crippen LogP contribution is 2.33. The van der Waals surface area contributed by atoms with Crippen LogP contribution in [0.3, 0.4) is 0 Å². The van der Waals surface area contributed by atoms with Crippen LogP contribution in [0, 0.1) is 15.9 Å². The van der Waals surface area contributed by atoms with E-state index < -0.39 is 40.2 Å². The summed E-state index contributed by atoms with van der Waals surface area (Å²) in [4.78, 5) is 46.8. The molecule has 1 heterocycles. The van der Waals surface area contributed by atoms with E-state index in [-0.39, 0.29) is 18.0 Å². The summed E-state index contributed by atoms with van der Waals surface area (Å²) in [6.07, 6.45) is 1.17. The molecule has 0 bridgehead atoms. The van der Waals surface area contributed by atoms with Gasteiger partial charge >= 0.3 is 0 Å². The van der Waals surface area contributed by atoms with E-state index in [4.69, 9.17) is 0 Å². The van der Waals surface area contributed by atoms with E-state index in [1.807, 2.05) is 0 Å². The molecule has 9 heteroatoms. The van der Waals surface area contributed by atoms with Crippen molar-refractivity contribution in [2.75, 3.05) is 0 Å². The van der Waals surface area contributed by atoms with Crippen LogP contribution in [0.2, 0.25) is 0 Å². The van der Waals surface area contributed by atoms with Crippen molar-refractivity contribution >= 4 is 23.4 Å². The number of carbonyl (C=O) groups excluding carboxylic acids is 3. The second kappa shape index (κ2) is 5.41. The van der Waals surface area contributed by atoms with E-state index in [0.717, 1.165) is 12.1 Å². The highest BCUT2D eigenvalue weighted by Gasteiger charge is 2.45. The van der Waals surface area contributed by atoms with Gasteiger partial charge in [-0.05, 0) is 18.9 Å². The van der Waals surface area contributed by atoms with Crippen LogP contribution in [0.25, 0.3) is 0 Å². The van der Waals surface area contributed by atoms with E-state index in [0.29, 0.717) is 18.9 Å². The van der Waals surface area contributed by atoms with Gasteiger partial charge in [-0.25, -0.2) is 4.39 Å². The molecule has 0 aromatic heterocycles. The van der Waals surface area contributed by atoms with Crippen molar-refractivity contribution in [3.63, 3.8) is 0 Å². The van der Waals surface area contributed by atoms with Gasteiger partial charge in [-0.1, -0.05) is 0 Å². The molecule has 3 rings (SSSR count). The summed E-state index contributed by atoms with van der Waals surface area (Å²) < 4.78 is 14.0. The summed E-state index contributed by atoms with van der Waals surface area (Å²) in [5, 5.41) is 12.7. The lowest BCUT2D eigenvalue weighted by Crippen LogP contribution is -2.46. The number of benzene rings is 1. The third-order valence-electron chi connectivity index (χ3n) is 3.85. The van der Waals surface area contributed by atoms with E-state index in [1.54, 1.807) is 0 Å². The molecular weight excluding hydrogens is 309 g/mol. The van der Waals surface area contributed by atoms with Crippen LogP contribution < -0.4 is 5.32 Å². The van der Waals surface area contributed by atoms with Crippen LogP contribution in [0.15, 0.2) is 18.2 Å². The standard InChI is InChI=1S/C14H12FN3O5/c15-10-5-8(18(22)23)3-4-9(10)14(21)17(7-1-2-7)11-6-12(19)16-13(11)20/h3-5,7,11H,1-2,6H2,(H,16,19,20). The van der Waals surface area contributed by atoms with Crippen LogP contribution in [-0.4, -0.2) is 39.6 Å². The second-order valence-electron chi connectivity index (χ2n) is 5.50. The molecule has 1 N–H and O–H groups in total. The summed E-state index contributed by atoms with van der Waals surface area (Å²) in [5.41, 5.74) is -0.819. The quantitative estimate of drug-likeness (QED) is 0.500.